The molecule has 2 aromatic carbocycles. The lowest BCUT2D eigenvalue weighted by molar-refractivity contribution is -0.153. The quantitative estimate of drug-likeness (QED) is 0.770. The summed E-state index contributed by atoms with van der Waals surface area (Å²) in [5, 5.41) is 10.6. The van der Waals surface area contributed by atoms with Gasteiger partial charge < -0.3 is 19.3 Å². The van der Waals surface area contributed by atoms with Crippen LogP contribution in [0.1, 0.15) is 48.6 Å². The summed E-state index contributed by atoms with van der Waals surface area (Å²) in [6, 6.07) is 13.3. The fraction of sp³-hybridized carbons (Fsp3) is 0.364. The molecule has 0 fully saturated rings. The summed E-state index contributed by atoms with van der Waals surface area (Å²) in [5.74, 6) is -0.196. The molecule has 148 valence electrons. The first kappa shape index (κ1) is 19.9. The third-order valence-electron chi connectivity index (χ3n) is 4.75. The molecule has 0 aliphatic heterocycles. The van der Waals surface area contributed by atoms with Crippen LogP contribution in [0.5, 0.6) is 5.75 Å². The molecular formula is C22H24O6. The molecule has 28 heavy (non-hydrogen) atoms. The van der Waals surface area contributed by atoms with Crippen molar-refractivity contribution in [3.63, 3.8) is 0 Å². The van der Waals surface area contributed by atoms with E-state index in [9.17, 15) is 14.7 Å². The molecule has 0 aromatic heterocycles. The molecule has 6 heteroatoms. The lowest BCUT2D eigenvalue weighted by atomic mass is 9.84. The average molecular weight is 384 g/mol. The summed E-state index contributed by atoms with van der Waals surface area (Å²) in [5.41, 5.74) is 3.31. The summed E-state index contributed by atoms with van der Waals surface area (Å²) in [4.78, 5) is 22.6. The van der Waals surface area contributed by atoms with Crippen LogP contribution in [0.25, 0.3) is 0 Å². The number of carbonyl (C=O) groups is 2. The molecule has 0 saturated carbocycles. The molecule has 0 radical (unpaired) electrons. The Balaban J connectivity index is 1.88. The molecule has 1 aliphatic carbocycles. The van der Waals surface area contributed by atoms with Crippen molar-refractivity contribution in [1.29, 1.82) is 0 Å². The molecule has 6 nitrogen and oxygen atoms in total. The fourth-order valence-corrected chi connectivity index (χ4v) is 3.45. The van der Waals surface area contributed by atoms with E-state index in [0.29, 0.717) is 30.8 Å². The summed E-state index contributed by atoms with van der Waals surface area (Å²) in [7, 11) is 0. The van der Waals surface area contributed by atoms with Crippen LogP contribution in [0.2, 0.25) is 0 Å². The Hall–Kier alpha value is -2.86. The van der Waals surface area contributed by atoms with Crippen molar-refractivity contribution >= 4 is 11.9 Å². The summed E-state index contributed by atoms with van der Waals surface area (Å²) in [6.45, 7) is 3.12. The zero-order valence-electron chi connectivity index (χ0n) is 16.0. The van der Waals surface area contributed by atoms with Gasteiger partial charge in [-0.3, -0.25) is 9.59 Å². The molecule has 0 saturated heterocycles. The lowest BCUT2D eigenvalue weighted by Gasteiger charge is -2.31. The third-order valence-corrected chi connectivity index (χ3v) is 4.75. The van der Waals surface area contributed by atoms with Gasteiger partial charge >= 0.3 is 11.9 Å². The number of fused-ring (bicyclic) bond motifs is 1. The van der Waals surface area contributed by atoms with Crippen molar-refractivity contribution in [3.05, 3.63) is 64.7 Å². The maximum atomic E-state index is 11.3. The van der Waals surface area contributed by atoms with E-state index in [1.807, 2.05) is 30.3 Å². The van der Waals surface area contributed by atoms with Gasteiger partial charge in [0.2, 0.25) is 0 Å². The maximum absolute atomic E-state index is 11.3. The zero-order valence-corrected chi connectivity index (χ0v) is 16.0. The second-order valence-corrected chi connectivity index (χ2v) is 6.80. The highest BCUT2D eigenvalue weighted by atomic mass is 16.6. The Morgan fingerprint density at radius 2 is 1.79 bits per heavy atom. The minimum absolute atomic E-state index is 0.0631. The highest BCUT2D eigenvalue weighted by Gasteiger charge is 2.32. The highest BCUT2D eigenvalue weighted by molar-refractivity contribution is 5.67. The standard InChI is InChI=1S/C22H24O6/c1-14(23)26-13-19-17-8-11-21(28-15(2)24)22(25)18(17)9-10-20(19)27-12-16-6-4-3-5-7-16/h3-7,9-10,21-22,25H,8,11-13H2,1-2H3/t21-,22-/m1/s1. The van der Waals surface area contributed by atoms with Crippen LogP contribution in [0.4, 0.5) is 0 Å². The third kappa shape index (κ3) is 4.70. The number of esters is 2. The van der Waals surface area contributed by atoms with Gasteiger partial charge in [0.25, 0.3) is 0 Å². The number of benzene rings is 2. The number of carbonyl (C=O) groups excluding carboxylic acids is 2. The minimum Gasteiger partial charge on any atom is -0.488 e. The van der Waals surface area contributed by atoms with E-state index >= 15 is 0 Å². The number of aliphatic hydroxyl groups excluding tert-OH is 1. The summed E-state index contributed by atoms with van der Waals surface area (Å²) in [6.07, 6.45) is -0.429. The first-order chi connectivity index (χ1) is 13.5. The number of ether oxygens (including phenoxy) is 3. The molecule has 1 aliphatic rings. The van der Waals surface area contributed by atoms with E-state index in [-0.39, 0.29) is 12.6 Å². The Bertz CT molecular complexity index is 846. The van der Waals surface area contributed by atoms with Gasteiger partial charge in [-0.2, -0.15) is 0 Å². The van der Waals surface area contributed by atoms with Gasteiger partial charge in [0.1, 0.15) is 31.2 Å². The van der Waals surface area contributed by atoms with Crippen molar-refractivity contribution in [2.75, 3.05) is 0 Å². The van der Waals surface area contributed by atoms with Crippen molar-refractivity contribution in [2.24, 2.45) is 0 Å². The molecular weight excluding hydrogens is 360 g/mol. The molecule has 0 unspecified atom stereocenters. The van der Waals surface area contributed by atoms with Crippen molar-refractivity contribution in [1.82, 2.24) is 0 Å². The second-order valence-electron chi connectivity index (χ2n) is 6.80. The predicted molar refractivity (Wildman–Crippen MR) is 102 cm³/mol. The van der Waals surface area contributed by atoms with E-state index in [2.05, 4.69) is 0 Å². The maximum Gasteiger partial charge on any atom is 0.303 e. The first-order valence-electron chi connectivity index (χ1n) is 9.25. The predicted octanol–water partition coefficient (Wildman–Crippen LogP) is 3.24. The van der Waals surface area contributed by atoms with Crippen LogP contribution in [0.3, 0.4) is 0 Å². The zero-order chi connectivity index (χ0) is 20.1. The normalized spacial score (nSPS) is 18.1. The number of aliphatic hydroxyl groups is 1. The van der Waals surface area contributed by atoms with Gasteiger partial charge in [-0.15, -0.1) is 0 Å². The van der Waals surface area contributed by atoms with Crippen LogP contribution >= 0.6 is 0 Å². The minimum atomic E-state index is -0.924. The number of hydrogen-bond donors (Lipinski definition) is 1. The Labute approximate surface area is 164 Å². The number of rotatable bonds is 6. The molecule has 3 rings (SSSR count). The SMILES string of the molecule is CC(=O)OCc1c(OCc2ccccc2)ccc2c1CC[C@@H](OC(C)=O)[C@@H]2O. The van der Waals surface area contributed by atoms with Crippen LogP contribution in [0, 0.1) is 0 Å². The molecule has 0 heterocycles. The average Bonchev–Trinajstić information content (AvgIpc) is 2.67. The smallest absolute Gasteiger partial charge is 0.303 e. The molecule has 1 N–H and O–H groups in total. The first-order valence-corrected chi connectivity index (χ1v) is 9.25. The Morgan fingerprint density at radius 1 is 1.04 bits per heavy atom. The highest BCUT2D eigenvalue weighted by Crippen LogP contribution is 2.38. The van der Waals surface area contributed by atoms with E-state index in [4.69, 9.17) is 14.2 Å². The van der Waals surface area contributed by atoms with Crippen LogP contribution in [-0.4, -0.2) is 23.1 Å². The number of hydrogen-bond acceptors (Lipinski definition) is 6. The van der Waals surface area contributed by atoms with E-state index < -0.39 is 18.2 Å². The molecule has 0 bridgehead atoms. The van der Waals surface area contributed by atoms with Gasteiger partial charge in [0.05, 0.1) is 0 Å². The van der Waals surface area contributed by atoms with Gasteiger partial charge in [-0.25, -0.2) is 0 Å². The van der Waals surface area contributed by atoms with Crippen LogP contribution < -0.4 is 4.74 Å². The Morgan fingerprint density at radius 3 is 2.46 bits per heavy atom. The van der Waals surface area contributed by atoms with Gasteiger partial charge in [-0.05, 0) is 35.6 Å². The monoisotopic (exact) mass is 384 g/mol. The molecule has 0 amide bonds. The second kappa shape index (κ2) is 8.89. The van der Waals surface area contributed by atoms with E-state index in [0.717, 1.165) is 16.7 Å². The van der Waals surface area contributed by atoms with Crippen molar-refractivity contribution in [2.45, 2.75) is 52.1 Å². The van der Waals surface area contributed by atoms with Crippen molar-refractivity contribution < 1.29 is 28.9 Å². The van der Waals surface area contributed by atoms with E-state index in [1.54, 1.807) is 12.1 Å². The largest absolute Gasteiger partial charge is 0.488 e. The van der Waals surface area contributed by atoms with Crippen LogP contribution in [-0.2, 0) is 38.7 Å². The van der Waals surface area contributed by atoms with Crippen LogP contribution in [0.15, 0.2) is 42.5 Å². The molecule has 2 atom stereocenters. The topological polar surface area (TPSA) is 82.1 Å². The van der Waals surface area contributed by atoms with Gasteiger partial charge in [0, 0.05) is 19.4 Å². The molecule has 2 aromatic rings. The van der Waals surface area contributed by atoms with Crippen molar-refractivity contribution in [3.8, 4) is 5.75 Å². The molecule has 0 spiro atoms. The summed E-state index contributed by atoms with van der Waals surface area (Å²) < 4.78 is 16.4. The fourth-order valence-electron chi connectivity index (χ4n) is 3.45. The van der Waals surface area contributed by atoms with E-state index in [1.165, 1.54) is 13.8 Å². The Kier molecular flexibility index (Phi) is 6.31. The van der Waals surface area contributed by atoms with Gasteiger partial charge in [-0.1, -0.05) is 36.4 Å². The lowest BCUT2D eigenvalue weighted by Crippen LogP contribution is -2.30. The van der Waals surface area contributed by atoms with Gasteiger partial charge in [0.15, 0.2) is 0 Å². The summed E-state index contributed by atoms with van der Waals surface area (Å²) >= 11 is 0.